The molecule has 4 heteroatoms. The molecule has 2 aromatic rings. The highest BCUT2D eigenvalue weighted by molar-refractivity contribution is 5.70. The van der Waals surface area contributed by atoms with Crippen molar-refractivity contribution < 1.29 is 14.6 Å². The van der Waals surface area contributed by atoms with E-state index < -0.39 is 5.97 Å². The molecule has 0 amide bonds. The Morgan fingerprint density at radius 2 is 1.94 bits per heavy atom. The molecule has 1 N–H and O–H groups in total. The van der Waals surface area contributed by atoms with Crippen LogP contribution in [0.25, 0.3) is 0 Å². The summed E-state index contributed by atoms with van der Waals surface area (Å²) < 4.78 is 5.56. The van der Waals surface area contributed by atoms with Crippen molar-refractivity contribution in [2.24, 2.45) is 0 Å². The van der Waals surface area contributed by atoms with Gasteiger partial charge >= 0.3 is 5.97 Å². The fraction of sp³-hybridized carbons (Fsp3) is 0.143. The van der Waals surface area contributed by atoms with E-state index in [1.807, 2.05) is 19.1 Å². The van der Waals surface area contributed by atoms with Crippen LogP contribution in [0.3, 0.4) is 0 Å². The number of benzene rings is 1. The monoisotopic (exact) mass is 243 g/mol. The van der Waals surface area contributed by atoms with Gasteiger partial charge in [0.25, 0.3) is 0 Å². The second kappa shape index (κ2) is 5.31. The molecule has 0 aliphatic heterocycles. The molecule has 0 radical (unpaired) electrons. The Morgan fingerprint density at radius 1 is 1.22 bits per heavy atom. The third kappa shape index (κ3) is 3.31. The summed E-state index contributed by atoms with van der Waals surface area (Å²) in [5.74, 6) is 0.326. The van der Waals surface area contributed by atoms with E-state index in [0.717, 1.165) is 11.3 Å². The van der Waals surface area contributed by atoms with E-state index in [9.17, 15) is 4.79 Å². The van der Waals surface area contributed by atoms with Gasteiger partial charge in [-0.2, -0.15) is 0 Å². The molecule has 0 saturated heterocycles. The van der Waals surface area contributed by atoms with E-state index in [1.165, 1.54) is 0 Å². The Labute approximate surface area is 105 Å². The summed E-state index contributed by atoms with van der Waals surface area (Å²) in [4.78, 5) is 14.8. The number of hydrogen-bond donors (Lipinski definition) is 1. The number of pyridine rings is 1. The van der Waals surface area contributed by atoms with Crippen LogP contribution in [0.15, 0.2) is 42.5 Å². The number of aryl methyl sites for hydroxylation is 1. The normalized spacial score (nSPS) is 10.1. The predicted molar refractivity (Wildman–Crippen MR) is 66.8 cm³/mol. The smallest absolute Gasteiger partial charge is 0.307 e. The number of hydrogen-bond acceptors (Lipinski definition) is 3. The van der Waals surface area contributed by atoms with Crippen LogP contribution >= 0.6 is 0 Å². The summed E-state index contributed by atoms with van der Waals surface area (Å²) in [6, 6.07) is 12.5. The number of aromatic nitrogens is 1. The summed E-state index contributed by atoms with van der Waals surface area (Å²) in [7, 11) is 0. The molecule has 0 bridgehead atoms. The second-order valence-electron chi connectivity index (χ2n) is 3.93. The zero-order chi connectivity index (χ0) is 13.0. The van der Waals surface area contributed by atoms with Crippen LogP contribution in [0.5, 0.6) is 11.6 Å². The number of carboxylic acid groups (broad SMARTS) is 1. The van der Waals surface area contributed by atoms with Gasteiger partial charge in [-0.15, -0.1) is 0 Å². The van der Waals surface area contributed by atoms with Crippen molar-refractivity contribution in [2.75, 3.05) is 0 Å². The molecule has 0 aliphatic rings. The summed E-state index contributed by atoms with van der Waals surface area (Å²) in [5.41, 5.74) is 1.63. The van der Waals surface area contributed by atoms with Gasteiger partial charge in [0.2, 0.25) is 5.88 Å². The fourth-order valence-electron chi connectivity index (χ4n) is 1.55. The maximum atomic E-state index is 10.5. The summed E-state index contributed by atoms with van der Waals surface area (Å²) in [6.07, 6.45) is 0.0168. The molecule has 1 aromatic carbocycles. The third-order valence-electron chi connectivity index (χ3n) is 2.36. The Kier molecular flexibility index (Phi) is 3.57. The number of carboxylic acids is 1. The van der Waals surface area contributed by atoms with Crippen molar-refractivity contribution in [3.63, 3.8) is 0 Å². The number of carbonyl (C=O) groups is 1. The number of ether oxygens (including phenoxy) is 1. The van der Waals surface area contributed by atoms with Crippen molar-refractivity contribution in [2.45, 2.75) is 13.3 Å². The number of nitrogens with zero attached hydrogens (tertiary/aromatic N) is 1. The minimum atomic E-state index is -0.844. The molecule has 1 aromatic heterocycles. The van der Waals surface area contributed by atoms with Gasteiger partial charge in [-0.3, -0.25) is 4.79 Å². The van der Waals surface area contributed by atoms with E-state index >= 15 is 0 Å². The summed E-state index contributed by atoms with van der Waals surface area (Å²) in [6.45, 7) is 1.89. The van der Waals surface area contributed by atoms with Crippen molar-refractivity contribution in [1.29, 1.82) is 0 Å². The maximum Gasteiger partial charge on any atom is 0.307 e. The lowest BCUT2D eigenvalue weighted by atomic mass is 10.1. The van der Waals surface area contributed by atoms with Gasteiger partial charge in [-0.1, -0.05) is 18.2 Å². The molecule has 0 fully saturated rings. The molecule has 2 rings (SSSR count). The molecule has 18 heavy (non-hydrogen) atoms. The van der Waals surface area contributed by atoms with Gasteiger partial charge in [0.1, 0.15) is 5.75 Å². The average Bonchev–Trinajstić information content (AvgIpc) is 2.31. The van der Waals surface area contributed by atoms with Crippen LogP contribution in [0.4, 0.5) is 0 Å². The van der Waals surface area contributed by atoms with E-state index in [4.69, 9.17) is 9.84 Å². The zero-order valence-electron chi connectivity index (χ0n) is 9.96. The molecule has 4 nitrogen and oxygen atoms in total. The molecule has 0 aliphatic carbocycles. The van der Waals surface area contributed by atoms with Crippen LogP contribution in [0.2, 0.25) is 0 Å². The van der Waals surface area contributed by atoms with E-state index in [0.29, 0.717) is 11.6 Å². The van der Waals surface area contributed by atoms with Crippen LogP contribution in [-0.4, -0.2) is 16.1 Å². The van der Waals surface area contributed by atoms with Crippen LogP contribution in [0, 0.1) is 6.92 Å². The number of rotatable bonds is 4. The molecule has 0 spiro atoms. The molecule has 0 atom stereocenters. The number of aliphatic carboxylic acids is 1. The quantitative estimate of drug-likeness (QED) is 0.897. The lowest BCUT2D eigenvalue weighted by molar-refractivity contribution is -0.136. The average molecular weight is 243 g/mol. The first kappa shape index (κ1) is 12.1. The van der Waals surface area contributed by atoms with Crippen molar-refractivity contribution >= 4 is 5.97 Å². The van der Waals surface area contributed by atoms with Crippen molar-refractivity contribution in [1.82, 2.24) is 4.98 Å². The molecule has 1 heterocycles. The maximum absolute atomic E-state index is 10.5. The van der Waals surface area contributed by atoms with Gasteiger partial charge in [-0.05, 0) is 30.7 Å². The SMILES string of the molecule is Cc1cccc(Oc2ccc(CC(=O)O)cc2)n1. The Morgan fingerprint density at radius 3 is 2.56 bits per heavy atom. The lowest BCUT2D eigenvalue weighted by Gasteiger charge is -2.05. The van der Waals surface area contributed by atoms with E-state index in [1.54, 1.807) is 30.3 Å². The van der Waals surface area contributed by atoms with Crippen LogP contribution in [0.1, 0.15) is 11.3 Å². The Bertz CT molecular complexity index is 549. The van der Waals surface area contributed by atoms with Crippen molar-refractivity contribution in [3.05, 3.63) is 53.7 Å². The molecule has 0 unspecified atom stereocenters. The third-order valence-corrected chi connectivity index (χ3v) is 2.36. The molecule has 92 valence electrons. The van der Waals surface area contributed by atoms with Crippen LogP contribution in [-0.2, 0) is 11.2 Å². The van der Waals surface area contributed by atoms with Gasteiger partial charge in [0.15, 0.2) is 0 Å². The van der Waals surface area contributed by atoms with Gasteiger partial charge in [-0.25, -0.2) is 4.98 Å². The minimum absolute atomic E-state index is 0.0168. The lowest BCUT2D eigenvalue weighted by Crippen LogP contribution is -1.99. The highest BCUT2D eigenvalue weighted by atomic mass is 16.5. The van der Waals surface area contributed by atoms with Gasteiger partial charge in [0, 0.05) is 11.8 Å². The highest BCUT2D eigenvalue weighted by Gasteiger charge is 2.02. The predicted octanol–water partition coefficient (Wildman–Crippen LogP) is 2.81. The first-order chi connectivity index (χ1) is 8.63. The van der Waals surface area contributed by atoms with E-state index in [2.05, 4.69) is 4.98 Å². The first-order valence-electron chi connectivity index (χ1n) is 5.56. The molecular formula is C14H13NO3. The summed E-state index contributed by atoms with van der Waals surface area (Å²) in [5, 5.41) is 8.66. The fourth-order valence-corrected chi connectivity index (χ4v) is 1.55. The van der Waals surface area contributed by atoms with Crippen LogP contribution < -0.4 is 4.74 Å². The van der Waals surface area contributed by atoms with Gasteiger partial charge < -0.3 is 9.84 Å². The summed E-state index contributed by atoms with van der Waals surface area (Å²) >= 11 is 0. The Balaban J connectivity index is 2.08. The second-order valence-corrected chi connectivity index (χ2v) is 3.93. The zero-order valence-corrected chi connectivity index (χ0v) is 9.96. The molecular weight excluding hydrogens is 230 g/mol. The Hall–Kier alpha value is -2.36. The standard InChI is InChI=1S/C14H13NO3/c1-10-3-2-4-13(15-10)18-12-7-5-11(6-8-12)9-14(16)17/h2-8H,9H2,1H3,(H,16,17). The van der Waals surface area contributed by atoms with Gasteiger partial charge in [0.05, 0.1) is 6.42 Å². The first-order valence-corrected chi connectivity index (χ1v) is 5.56. The van der Waals surface area contributed by atoms with Crippen molar-refractivity contribution in [3.8, 4) is 11.6 Å². The van der Waals surface area contributed by atoms with E-state index in [-0.39, 0.29) is 6.42 Å². The molecule has 0 saturated carbocycles. The topological polar surface area (TPSA) is 59.4 Å². The highest BCUT2D eigenvalue weighted by Crippen LogP contribution is 2.20. The minimum Gasteiger partial charge on any atom is -0.481 e. The largest absolute Gasteiger partial charge is 0.481 e.